The Hall–Kier alpha value is -2.71. The number of carbonyl (C=O) groups is 2. The first-order valence-electron chi connectivity index (χ1n) is 10.9. The van der Waals surface area contributed by atoms with Crippen molar-refractivity contribution in [3.8, 4) is 0 Å². The van der Waals surface area contributed by atoms with Gasteiger partial charge in [0.1, 0.15) is 6.04 Å². The Balaban J connectivity index is 1.60. The fourth-order valence-corrected chi connectivity index (χ4v) is 5.41. The second kappa shape index (κ2) is 10.7. The highest BCUT2D eigenvalue weighted by atomic mass is 32.2. The maximum absolute atomic E-state index is 13.0. The number of benzene rings is 2. The lowest BCUT2D eigenvalue weighted by Gasteiger charge is -2.33. The number of hydrogen-bond donors (Lipinski definition) is 0. The van der Waals surface area contributed by atoms with E-state index in [1.807, 2.05) is 24.3 Å². The van der Waals surface area contributed by atoms with Crippen LogP contribution in [-0.2, 0) is 37.3 Å². The van der Waals surface area contributed by atoms with Crippen molar-refractivity contribution in [2.45, 2.75) is 50.1 Å². The lowest BCUT2D eigenvalue weighted by molar-refractivity contribution is -0.155. The summed E-state index contributed by atoms with van der Waals surface area (Å²) in [7, 11) is -2.17. The van der Waals surface area contributed by atoms with Crippen LogP contribution in [-0.4, -0.2) is 55.7 Å². The Morgan fingerprint density at radius 1 is 1.03 bits per heavy atom. The summed E-state index contributed by atoms with van der Waals surface area (Å²) in [4.78, 5) is 26.9. The lowest BCUT2D eigenvalue weighted by atomic mass is 10.1. The lowest BCUT2D eigenvalue weighted by Crippen LogP contribution is -2.49. The van der Waals surface area contributed by atoms with Crippen LogP contribution in [0.5, 0.6) is 0 Å². The van der Waals surface area contributed by atoms with Gasteiger partial charge in [0.25, 0.3) is 5.91 Å². The highest BCUT2D eigenvalue weighted by Crippen LogP contribution is 2.26. The molecule has 2 aromatic carbocycles. The fraction of sp³-hybridized carbons (Fsp3) is 0.417. The van der Waals surface area contributed by atoms with Gasteiger partial charge >= 0.3 is 5.97 Å². The number of nitrogens with zero attached hydrogens (tertiary/aromatic N) is 2. The van der Waals surface area contributed by atoms with E-state index in [1.54, 1.807) is 25.2 Å². The first-order chi connectivity index (χ1) is 15.3. The van der Waals surface area contributed by atoms with E-state index < -0.39 is 28.6 Å². The van der Waals surface area contributed by atoms with Gasteiger partial charge in [-0.2, -0.15) is 4.31 Å². The number of likely N-dealkylation sites (N-methyl/N-ethyl adjacent to an activating group) is 1. The van der Waals surface area contributed by atoms with Gasteiger partial charge in [0.2, 0.25) is 10.0 Å². The molecular formula is C24H30N2O5S. The van der Waals surface area contributed by atoms with Gasteiger partial charge in [-0.05, 0) is 48.9 Å². The predicted octanol–water partition coefficient (Wildman–Crippen LogP) is 2.99. The van der Waals surface area contributed by atoms with Crippen molar-refractivity contribution in [1.29, 1.82) is 0 Å². The Morgan fingerprint density at radius 3 is 2.34 bits per heavy atom. The maximum atomic E-state index is 13.0. The zero-order chi connectivity index (χ0) is 23.1. The molecular weight excluding hydrogens is 428 g/mol. The van der Waals surface area contributed by atoms with E-state index in [1.165, 1.54) is 26.9 Å². The SMILES string of the molecule is CCc1ccc(CN(C)C(=O)COC(=O)C2CCCCN2S(=O)(=O)c2ccccc2)cc1. The minimum Gasteiger partial charge on any atom is -0.454 e. The number of rotatable bonds is 8. The molecule has 8 heteroatoms. The highest BCUT2D eigenvalue weighted by Gasteiger charge is 2.38. The van der Waals surface area contributed by atoms with Crippen molar-refractivity contribution in [3.63, 3.8) is 0 Å². The number of carbonyl (C=O) groups excluding carboxylic acids is 2. The van der Waals surface area contributed by atoms with Crippen molar-refractivity contribution < 1.29 is 22.7 Å². The molecule has 1 saturated heterocycles. The molecule has 1 atom stereocenters. The van der Waals surface area contributed by atoms with Crippen LogP contribution in [0.4, 0.5) is 0 Å². The van der Waals surface area contributed by atoms with Crippen molar-refractivity contribution in [1.82, 2.24) is 9.21 Å². The van der Waals surface area contributed by atoms with Crippen LogP contribution in [0.1, 0.15) is 37.3 Å². The zero-order valence-corrected chi connectivity index (χ0v) is 19.4. The van der Waals surface area contributed by atoms with Crippen LogP contribution in [0.15, 0.2) is 59.5 Å². The first kappa shape index (κ1) is 23.9. The number of amides is 1. The minimum atomic E-state index is -3.82. The normalized spacial score (nSPS) is 17.0. The molecule has 0 aliphatic carbocycles. The molecule has 2 aromatic rings. The number of esters is 1. The summed E-state index contributed by atoms with van der Waals surface area (Å²) in [5.74, 6) is -1.02. The summed E-state index contributed by atoms with van der Waals surface area (Å²) in [5, 5.41) is 0. The molecule has 1 unspecified atom stereocenters. The summed E-state index contributed by atoms with van der Waals surface area (Å²) in [6.07, 6.45) is 2.72. The second-order valence-corrected chi connectivity index (χ2v) is 9.86. The van der Waals surface area contributed by atoms with E-state index in [-0.39, 0.29) is 17.3 Å². The summed E-state index contributed by atoms with van der Waals surface area (Å²) >= 11 is 0. The predicted molar refractivity (Wildman–Crippen MR) is 121 cm³/mol. The van der Waals surface area contributed by atoms with Crippen molar-refractivity contribution in [2.24, 2.45) is 0 Å². The second-order valence-electron chi connectivity index (χ2n) is 7.97. The largest absolute Gasteiger partial charge is 0.454 e. The van der Waals surface area contributed by atoms with E-state index in [0.717, 1.165) is 18.4 Å². The summed E-state index contributed by atoms with van der Waals surface area (Å²) in [6.45, 7) is 2.31. The number of piperidine rings is 1. The third-order valence-electron chi connectivity index (χ3n) is 5.69. The molecule has 1 amide bonds. The molecule has 0 saturated carbocycles. The van der Waals surface area contributed by atoms with E-state index in [2.05, 4.69) is 6.92 Å². The number of ether oxygens (including phenoxy) is 1. The molecule has 0 N–H and O–H groups in total. The summed E-state index contributed by atoms with van der Waals surface area (Å²) < 4.78 is 32.6. The molecule has 1 aliphatic rings. The fourth-order valence-electron chi connectivity index (χ4n) is 3.74. The first-order valence-corrected chi connectivity index (χ1v) is 12.3. The van der Waals surface area contributed by atoms with Gasteiger partial charge < -0.3 is 9.64 Å². The average molecular weight is 459 g/mol. The molecule has 0 spiro atoms. The molecule has 7 nitrogen and oxygen atoms in total. The maximum Gasteiger partial charge on any atom is 0.324 e. The average Bonchev–Trinajstić information content (AvgIpc) is 2.83. The highest BCUT2D eigenvalue weighted by molar-refractivity contribution is 7.89. The van der Waals surface area contributed by atoms with Crippen LogP contribution in [0.25, 0.3) is 0 Å². The van der Waals surface area contributed by atoms with E-state index in [9.17, 15) is 18.0 Å². The Kier molecular flexibility index (Phi) is 8.04. The molecule has 0 bridgehead atoms. The Labute approximate surface area is 190 Å². The monoisotopic (exact) mass is 458 g/mol. The quantitative estimate of drug-likeness (QED) is 0.568. The third kappa shape index (κ3) is 5.75. The van der Waals surface area contributed by atoms with Crippen LogP contribution in [0.2, 0.25) is 0 Å². The van der Waals surface area contributed by atoms with Crippen LogP contribution >= 0.6 is 0 Å². The van der Waals surface area contributed by atoms with Crippen molar-refractivity contribution in [2.75, 3.05) is 20.2 Å². The molecule has 0 radical (unpaired) electrons. The zero-order valence-electron chi connectivity index (χ0n) is 18.6. The molecule has 0 aromatic heterocycles. The standard InChI is InChI=1S/C24H30N2O5S/c1-3-19-12-14-20(15-13-19)17-25(2)23(27)18-31-24(28)22-11-7-8-16-26(22)32(29,30)21-9-5-4-6-10-21/h4-6,9-10,12-15,22H,3,7-8,11,16-18H2,1-2H3. The molecule has 1 fully saturated rings. The van der Waals surface area contributed by atoms with Crippen molar-refractivity contribution in [3.05, 3.63) is 65.7 Å². The van der Waals surface area contributed by atoms with Gasteiger partial charge in [0, 0.05) is 20.1 Å². The van der Waals surface area contributed by atoms with Gasteiger partial charge in [-0.25, -0.2) is 8.42 Å². The van der Waals surface area contributed by atoms with Crippen molar-refractivity contribution >= 4 is 21.9 Å². The number of sulfonamides is 1. The molecule has 1 aliphatic heterocycles. The minimum absolute atomic E-state index is 0.143. The number of hydrogen-bond acceptors (Lipinski definition) is 5. The molecule has 1 heterocycles. The molecule has 172 valence electrons. The van der Waals surface area contributed by atoms with Crippen LogP contribution in [0.3, 0.4) is 0 Å². The van der Waals surface area contributed by atoms with E-state index >= 15 is 0 Å². The van der Waals surface area contributed by atoms with Crippen LogP contribution < -0.4 is 0 Å². The smallest absolute Gasteiger partial charge is 0.324 e. The molecule has 3 rings (SSSR count). The summed E-state index contributed by atoms with van der Waals surface area (Å²) in [5.41, 5.74) is 2.20. The van der Waals surface area contributed by atoms with Gasteiger partial charge in [0.15, 0.2) is 6.61 Å². The van der Waals surface area contributed by atoms with E-state index in [4.69, 9.17) is 4.74 Å². The van der Waals surface area contributed by atoms with Gasteiger partial charge in [-0.3, -0.25) is 9.59 Å². The summed E-state index contributed by atoms with van der Waals surface area (Å²) in [6, 6.07) is 15.1. The van der Waals surface area contributed by atoms with Crippen LogP contribution in [0, 0.1) is 0 Å². The number of aryl methyl sites for hydroxylation is 1. The van der Waals surface area contributed by atoms with Gasteiger partial charge in [0.05, 0.1) is 4.90 Å². The Bertz CT molecular complexity index is 1020. The third-order valence-corrected chi connectivity index (χ3v) is 7.61. The molecule has 32 heavy (non-hydrogen) atoms. The van der Waals surface area contributed by atoms with E-state index in [0.29, 0.717) is 19.4 Å². The topological polar surface area (TPSA) is 84.0 Å². The Morgan fingerprint density at radius 2 is 1.69 bits per heavy atom. The van der Waals surface area contributed by atoms with Gasteiger partial charge in [-0.15, -0.1) is 0 Å². The van der Waals surface area contributed by atoms with Gasteiger partial charge in [-0.1, -0.05) is 49.4 Å².